The van der Waals surface area contributed by atoms with Gasteiger partial charge in [0.05, 0.1) is 17.1 Å². The van der Waals surface area contributed by atoms with E-state index < -0.39 is 0 Å². The van der Waals surface area contributed by atoms with Crippen LogP contribution in [-0.4, -0.2) is 15.7 Å². The van der Waals surface area contributed by atoms with Crippen LogP contribution in [0.3, 0.4) is 0 Å². The lowest BCUT2D eigenvalue weighted by Gasteiger charge is -2.08. The Morgan fingerprint density at radius 3 is 2.74 bits per heavy atom. The highest BCUT2D eigenvalue weighted by molar-refractivity contribution is 6.04. The molecular weight excluding hydrogens is 240 g/mol. The van der Waals surface area contributed by atoms with Crippen LogP contribution in [0.4, 0.5) is 11.4 Å². The molecular formula is C14H18N4O. The van der Waals surface area contributed by atoms with E-state index in [2.05, 4.69) is 10.4 Å². The van der Waals surface area contributed by atoms with Crippen LogP contribution >= 0.6 is 0 Å². The van der Waals surface area contributed by atoms with Crippen LogP contribution < -0.4 is 11.1 Å². The topological polar surface area (TPSA) is 72.9 Å². The summed E-state index contributed by atoms with van der Waals surface area (Å²) in [6.45, 7) is 4.63. The van der Waals surface area contributed by atoms with Crippen LogP contribution in [0, 0.1) is 0 Å². The molecule has 5 heteroatoms. The second kappa shape index (κ2) is 5.56. The second-order valence-electron chi connectivity index (χ2n) is 4.23. The number of aromatic nitrogens is 2. The van der Waals surface area contributed by atoms with E-state index >= 15 is 0 Å². The summed E-state index contributed by atoms with van der Waals surface area (Å²) in [6, 6.07) is 9.01. The molecule has 1 heterocycles. The third-order valence-corrected chi connectivity index (χ3v) is 2.93. The fraction of sp³-hybridized carbons (Fsp3) is 0.286. The number of anilines is 2. The first-order valence-electron chi connectivity index (χ1n) is 6.38. The minimum Gasteiger partial charge on any atom is -0.397 e. The zero-order valence-electron chi connectivity index (χ0n) is 11.2. The Kier molecular flexibility index (Phi) is 3.85. The van der Waals surface area contributed by atoms with Gasteiger partial charge in [0.15, 0.2) is 0 Å². The molecule has 0 saturated heterocycles. The van der Waals surface area contributed by atoms with Crippen molar-refractivity contribution in [3.8, 4) is 0 Å². The molecule has 1 aromatic carbocycles. The minimum atomic E-state index is -0.188. The van der Waals surface area contributed by atoms with Crippen molar-refractivity contribution in [3.05, 3.63) is 41.7 Å². The Morgan fingerprint density at radius 1 is 1.37 bits per heavy atom. The highest BCUT2D eigenvalue weighted by Gasteiger charge is 2.14. The van der Waals surface area contributed by atoms with Gasteiger partial charge < -0.3 is 11.1 Å². The summed E-state index contributed by atoms with van der Waals surface area (Å²) in [6.07, 6.45) is 0.806. The van der Waals surface area contributed by atoms with Crippen molar-refractivity contribution in [2.24, 2.45) is 0 Å². The molecule has 100 valence electrons. The zero-order chi connectivity index (χ0) is 13.8. The second-order valence-corrected chi connectivity index (χ2v) is 4.23. The highest BCUT2D eigenvalue weighted by atomic mass is 16.2. The Bertz CT molecular complexity index is 589. The largest absolute Gasteiger partial charge is 0.397 e. The quantitative estimate of drug-likeness (QED) is 0.826. The number of carbonyl (C=O) groups is 1. The molecule has 0 fully saturated rings. The maximum atomic E-state index is 12.2. The Morgan fingerprint density at radius 2 is 2.11 bits per heavy atom. The van der Waals surface area contributed by atoms with Crippen molar-refractivity contribution < 1.29 is 4.79 Å². The number of nitrogens with zero attached hydrogens (tertiary/aromatic N) is 2. The van der Waals surface area contributed by atoms with Crippen molar-refractivity contribution in [1.82, 2.24) is 9.78 Å². The van der Waals surface area contributed by atoms with Crippen LogP contribution in [0.2, 0.25) is 0 Å². The lowest BCUT2D eigenvalue weighted by atomic mass is 10.2. The van der Waals surface area contributed by atoms with Gasteiger partial charge in [-0.2, -0.15) is 5.10 Å². The van der Waals surface area contributed by atoms with Crippen LogP contribution in [0.5, 0.6) is 0 Å². The summed E-state index contributed by atoms with van der Waals surface area (Å²) in [7, 11) is 0. The molecule has 1 aromatic heterocycles. The number of benzene rings is 1. The van der Waals surface area contributed by atoms with Gasteiger partial charge in [0.2, 0.25) is 0 Å². The molecule has 0 saturated carbocycles. The van der Waals surface area contributed by atoms with Gasteiger partial charge >= 0.3 is 0 Å². The first kappa shape index (κ1) is 13.1. The molecule has 2 rings (SSSR count). The van der Waals surface area contributed by atoms with E-state index in [9.17, 15) is 4.79 Å². The van der Waals surface area contributed by atoms with E-state index in [4.69, 9.17) is 5.73 Å². The molecule has 0 bridgehead atoms. The van der Waals surface area contributed by atoms with Gasteiger partial charge in [-0.25, -0.2) is 0 Å². The molecule has 0 aliphatic carbocycles. The third kappa shape index (κ3) is 2.76. The molecule has 0 atom stereocenters. The number of hydrogen-bond donors (Lipinski definition) is 2. The van der Waals surface area contributed by atoms with Crippen molar-refractivity contribution in [2.45, 2.75) is 26.8 Å². The molecule has 0 unspecified atom stereocenters. The Hall–Kier alpha value is -2.30. The number of rotatable bonds is 4. The van der Waals surface area contributed by atoms with Crippen molar-refractivity contribution in [1.29, 1.82) is 0 Å². The molecule has 3 N–H and O–H groups in total. The van der Waals surface area contributed by atoms with Gasteiger partial charge in [-0.15, -0.1) is 0 Å². The number of nitrogens with two attached hydrogens (primary N) is 1. The van der Waals surface area contributed by atoms with Crippen LogP contribution in [0.25, 0.3) is 0 Å². The maximum Gasteiger partial charge on any atom is 0.273 e. The van der Waals surface area contributed by atoms with Gasteiger partial charge in [-0.05, 0) is 31.5 Å². The smallest absolute Gasteiger partial charge is 0.273 e. The van der Waals surface area contributed by atoms with Crippen LogP contribution in [-0.2, 0) is 13.0 Å². The fourth-order valence-corrected chi connectivity index (χ4v) is 1.86. The SMILES string of the molecule is CCc1cc(C(=O)Nc2ccccc2N)n(CC)n1. The Balaban J connectivity index is 2.25. The van der Waals surface area contributed by atoms with Gasteiger partial charge in [0.1, 0.15) is 5.69 Å². The summed E-state index contributed by atoms with van der Waals surface area (Å²) in [5.41, 5.74) is 8.45. The van der Waals surface area contributed by atoms with E-state index in [0.717, 1.165) is 12.1 Å². The van der Waals surface area contributed by atoms with Crippen molar-refractivity contribution >= 4 is 17.3 Å². The maximum absolute atomic E-state index is 12.2. The van der Waals surface area contributed by atoms with E-state index in [-0.39, 0.29) is 5.91 Å². The summed E-state index contributed by atoms with van der Waals surface area (Å²) in [4.78, 5) is 12.2. The Labute approximate surface area is 112 Å². The molecule has 1 amide bonds. The normalized spacial score (nSPS) is 10.4. The van der Waals surface area contributed by atoms with Gasteiger partial charge in [-0.1, -0.05) is 19.1 Å². The lowest BCUT2D eigenvalue weighted by Crippen LogP contribution is -2.18. The summed E-state index contributed by atoms with van der Waals surface area (Å²) >= 11 is 0. The molecule has 0 aliphatic heterocycles. The van der Waals surface area contributed by atoms with E-state index in [1.54, 1.807) is 16.8 Å². The molecule has 0 aliphatic rings. The third-order valence-electron chi connectivity index (χ3n) is 2.93. The fourth-order valence-electron chi connectivity index (χ4n) is 1.86. The molecule has 0 spiro atoms. The molecule has 19 heavy (non-hydrogen) atoms. The number of nitrogens with one attached hydrogen (secondary N) is 1. The summed E-state index contributed by atoms with van der Waals surface area (Å²) in [5.74, 6) is -0.188. The number of nitrogen functional groups attached to an aromatic ring is 1. The van der Waals surface area contributed by atoms with Crippen molar-refractivity contribution in [2.75, 3.05) is 11.1 Å². The predicted molar refractivity (Wildman–Crippen MR) is 76.1 cm³/mol. The van der Waals surface area contributed by atoms with Gasteiger partial charge in [-0.3, -0.25) is 9.48 Å². The highest BCUT2D eigenvalue weighted by Crippen LogP contribution is 2.18. The number of para-hydroxylation sites is 2. The molecule has 0 radical (unpaired) electrons. The van der Waals surface area contributed by atoms with E-state index in [0.29, 0.717) is 23.6 Å². The average Bonchev–Trinajstić information content (AvgIpc) is 2.84. The van der Waals surface area contributed by atoms with E-state index in [1.165, 1.54) is 0 Å². The van der Waals surface area contributed by atoms with Crippen LogP contribution in [0.15, 0.2) is 30.3 Å². The van der Waals surface area contributed by atoms with Gasteiger partial charge in [0, 0.05) is 6.54 Å². The standard InChI is InChI=1S/C14H18N4O/c1-3-10-9-13(18(4-2)17-10)14(19)16-12-8-6-5-7-11(12)15/h5-9H,3-4,15H2,1-2H3,(H,16,19). The molecule has 5 nitrogen and oxygen atoms in total. The summed E-state index contributed by atoms with van der Waals surface area (Å²) < 4.78 is 1.70. The first-order chi connectivity index (χ1) is 9.15. The molecule has 2 aromatic rings. The number of aryl methyl sites for hydroxylation is 2. The zero-order valence-corrected chi connectivity index (χ0v) is 11.2. The van der Waals surface area contributed by atoms with Crippen molar-refractivity contribution in [3.63, 3.8) is 0 Å². The van der Waals surface area contributed by atoms with Gasteiger partial charge in [0.25, 0.3) is 5.91 Å². The summed E-state index contributed by atoms with van der Waals surface area (Å²) in [5, 5.41) is 7.17. The predicted octanol–water partition coefficient (Wildman–Crippen LogP) is 2.30. The number of carbonyl (C=O) groups excluding carboxylic acids is 1. The minimum absolute atomic E-state index is 0.188. The lowest BCUT2D eigenvalue weighted by molar-refractivity contribution is 0.101. The monoisotopic (exact) mass is 258 g/mol. The number of amides is 1. The average molecular weight is 258 g/mol. The number of hydrogen-bond acceptors (Lipinski definition) is 3. The first-order valence-corrected chi connectivity index (χ1v) is 6.38. The van der Waals surface area contributed by atoms with E-state index in [1.807, 2.05) is 32.0 Å². The van der Waals surface area contributed by atoms with Crippen LogP contribution in [0.1, 0.15) is 30.0 Å².